The minimum absolute atomic E-state index is 0.0957. The number of likely N-dealkylation sites (N-methyl/N-ethyl adjacent to an activating group) is 1. The summed E-state index contributed by atoms with van der Waals surface area (Å²) in [6, 6.07) is 4.34. The number of hydrogen-bond donors (Lipinski definition) is 3. The van der Waals surface area contributed by atoms with Crippen LogP contribution in [0.15, 0.2) is 18.2 Å². The molecule has 3 amide bonds. The molecule has 3 N–H and O–H groups in total. The van der Waals surface area contributed by atoms with E-state index in [4.69, 9.17) is 21.1 Å². The maximum atomic E-state index is 12.2. The van der Waals surface area contributed by atoms with Crippen molar-refractivity contribution in [2.45, 2.75) is 33.0 Å². The van der Waals surface area contributed by atoms with Gasteiger partial charge in [-0.2, -0.15) is 0 Å². The summed E-state index contributed by atoms with van der Waals surface area (Å²) in [7, 11) is 1.56. The van der Waals surface area contributed by atoms with Crippen molar-refractivity contribution in [1.29, 1.82) is 0 Å². The fourth-order valence-electron chi connectivity index (χ4n) is 2.12. The van der Waals surface area contributed by atoms with Crippen molar-refractivity contribution in [3.05, 3.63) is 23.2 Å². The third kappa shape index (κ3) is 9.58. The number of amides is 3. The van der Waals surface area contributed by atoms with E-state index in [1.54, 1.807) is 25.2 Å². The van der Waals surface area contributed by atoms with Gasteiger partial charge in [0.2, 0.25) is 5.91 Å². The first-order valence-electron chi connectivity index (χ1n) is 8.65. The molecule has 0 saturated carbocycles. The Labute approximate surface area is 164 Å². The zero-order chi connectivity index (χ0) is 20.4. The normalized spacial score (nSPS) is 12.0. The van der Waals surface area contributed by atoms with Crippen LogP contribution in [0.1, 0.15) is 20.8 Å². The van der Waals surface area contributed by atoms with Gasteiger partial charge in [0.15, 0.2) is 0 Å². The summed E-state index contributed by atoms with van der Waals surface area (Å²) in [6.07, 6.45) is -0.690. The van der Waals surface area contributed by atoms with Crippen LogP contribution in [-0.2, 0) is 14.3 Å². The molecule has 0 fully saturated rings. The summed E-state index contributed by atoms with van der Waals surface area (Å²) < 4.78 is 10.7. The van der Waals surface area contributed by atoms with E-state index in [0.29, 0.717) is 24.6 Å². The fourth-order valence-corrected chi connectivity index (χ4v) is 2.35. The lowest BCUT2D eigenvalue weighted by molar-refractivity contribution is -0.114. The predicted molar refractivity (Wildman–Crippen MR) is 105 cm³/mol. The molecule has 0 heterocycles. The molecule has 0 aromatic heterocycles. The van der Waals surface area contributed by atoms with Gasteiger partial charge < -0.3 is 30.1 Å². The number of carbonyl (C=O) groups is 2. The summed E-state index contributed by atoms with van der Waals surface area (Å²) >= 11 is 6.12. The van der Waals surface area contributed by atoms with E-state index < -0.39 is 12.1 Å². The number of ether oxygens (including phenoxy) is 2. The number of rotatable bonds is 10. The third-order valence-corrected chi connectivity index (χ3v) is 3.66. The van der Waals surface area contributed by atoms with Crippen molar-refractivity contribution in [3.8, 4) is 0 Å². The largest absolute Gasteiger partial charge is 0.389 e. The maximum Gasteiger partial charge on any atom is 0.321 e. The monoisotopic (exact) mass is 401 g/mol. The standard InChI is InChI=1S/C18H28ClN3O5/c1-12(2)27-8-7-26-11-15(24)10-22(4)18(25)21-17-6-5-14(9-16(17)19)20-13(3)23/h5-6,9,12,15,24H,7-8,10-11H2,1-4H3,(H,20,23)(H,21,25). The lowest BCUT2D eigenvalue weighted by Gasteiger charge is -2.22. The molecular formula is C18H28ClN3O5. The number of hydrogen-bond acceptors (Lipinski definition) is 5. The molecule has 1 unspecified atom stereocenters. The van der Waals surface area contributed by atoms with Crippen LogP contribution in [0.2, 0.25) is 5.02 Å². The molecule has 1 rings (SSSR count). The molecule has 1 atom stereocenters. The molecule has 0 bridgehead atoms. The number of halogens is 1. The number of nitrogens with zero attached hydrogens (tertiary/aromatic N) is 1. The number of benzene rings is 1. The second kappa shape index (κ2) is 11.8. The Hall–Kier alpha value is -1.87. The van der Waals surface area contributed by atoms with Gasteiger partial charge in [-0.25, -0.2) is 4.79 Å². The first kappa shape index (κ1) is 23.2. The summed E-state index contributed by atoms with van der Waals surface area (Å²) in [5.74, 6) is -0.213. The van der Waals surface area contributed by atoms with Crippen molar-refractivity contribution in [1.82, 2.24) is 4.90 Å². The molecular weight excluding hydrogens is 374 g/mol. The molecule has 0 spiro atoms. The number of aliphatic hydroxyl groups is 1. The molecule has 0 saturated heterocycles. The molecule has 1 aromatic carbocycles. The maximum absolute atomic E-state index is 12.2. The van der Waals surface area contributed by atoms with Crippen LogP contribution in [0, 0.1) is 0 Å². The predicted octanol–water partition coefficient (Wildman–Crippen LogP) is 2.56. The number of anilines is 2. The van der Waals surface area contributed by atoms with Crippen LogP contribution in [0.3, 0.4) is 0 Å². The van der Waals surface area contributed by atoms with Gasteiger partial charge in [0.1, 0.15) is 0 Å². The fraction of sp³-hybridized carbons (Fsp3) is 0.556. The zero-order valence-corrected chi connectivity index (χ0v) is 16.9. The lowest BCUT2D eigenvalue weighted by atomic mass is 10.2. The average molecular weight is 402 g/mol. The van der Waals surface area contributed by atoms with E-state index in [1.165, 1.54) is 11.8 Å². The summed E-state index contributed by atoms with van der Waals surface area (Å²) in [6.45, 7) is 6.29. The second-order valence-corrected chi connectivity index (χ2v) is 6.74. The molecule has 0 radical (unpaired) electrons. The zero-order valence-electron chi connectivity index (χ0n) is 16.1. The Balaban J connectivity index is 2.42. The van der Waals surface area contributed by atoms with E-state index in [9.17, 15) is 14.7 Å². The molecule has 1 aromatic rings. The van der Waals surface area contributed by atoms with Crippen molar-refractivity contribution < 1.29 is 24.2 Å². The molecule has 9 heteroatoms. The topological polar surface area (TPSA) is 100 Å². The number of nitrogens with one attached hydrogen (secondary N) is 2. The summed E-state index contributed by atoms with van der Waals surface area (Å²) in [5.41, 5.74) is 0.937. The van der Waals surface area contributed by atoms with E-state index >= 15 is 0 Å². The van der Waals surface area contributed by atoms with Crippen LogP contribution < -0.4 is 10.6 Å². The minimum Gasteiger partial charge on any atom is -0.389 e. The van der Waals surface area contributed by atoms with Crippen LogP contribution in [-0.4, -0.2) is 67.6 Å². The molecule has 0 aliphatic heterocycles. The van der Waals surface area contributed by atoms with Crippen LogP contribution >= 0.6 is 11.6 Å². The van der Waals surface area contributed by atoms with Crippen LogP contribution in [0.4, 0.5) is 16.2 Å². The highest BCUT2D eigenvalue weighted by molar-refractivity contribution is 6.34. The highest BCUT2D eigenvalue weighted by Gasteiger charge is 2.15. The van der Waals surface area contributed by atoms with Gasteiger partial charge in [-0.3, -0.25) is 4.79 Å². The molecule has 152 valence electrons. The first-order valence-corrected chi connectivity index (χ1v) is 9.03. The van der Waals surface area contributed by atoms with Gasteiger partial charge in [0, 0.05) is 19.7 Å². The SMILES string of the molecule is CC(=O)Nc1ccc(NC(=O)N(C)CC(O)COCCOC(C)C)c(Cl)c1. The van der Waals surface area contributed by atoms with Gasteiger partial charge in [-0.1, -0.05) is 11.6 Å². The van der Waals surface area contributed by atoms with Crippen molar-refractivity contribution in [2.75, 3.05) is 44.0 Å². The molecule has 8 nitrogen and oxygen atoms in total. The van der Waals surface area contributed by atoms with Crippen LogP contribution in [0.5, 0.6) is 0 Å². The van der Waals surface area contributed by atoms with E-state index in [2.05, 4.69) is 10.6 Å². The Morgan fingerprint density at radius 1 is 1.26 bits per heavy atom. The van der Waals surface area contributed by atoms with Crippen molar-refractivity contribution >= 4 is 34.9 Å². The minimum atomic E-state index is -0.822. The molecule has 0 aliphatic carbocycles. The van der Waals surface area contributed by atoms with Gasteiger partial charge in [0.05, 0.1) is 49.3 Å². The first-order chi connectivity index (χ1) is 12.7. The molecule has 0 aliphatic rings. The van der Waals surface area contributed by atoms with E-state index in [-0.39, 0.29) is 30.2 Å². The second-order valence-electron chi connectivity index (χ2n) is 6.33. The van der Waals surface area contributed by atoms with E-state index in [0.717, 1.165) is 0 Å². The number of aliphatic hydroxyl groups excluding tert-OH is 1. The molecule has 27 heavy (non-hydrogen) atoms. The Morgan fingerprint density at radius 2 is 1.96 bits per heavy atom. The van der Waals surface area contributed by atoms with Gasteiger partial charge in [-0.15, -0.1) is 0 Å². The van der Waals surface area contributed by atoms with E-state index in [1.807, 2.05) is 13.8 Å². The highest BCUT2D eigenvalue weighted by Crippen LogP contribution is 2.25. The summed E-state index contributed by atoms with van der Waals surface area (Å²) in [4.78, 5) is 24.6. The van der Waals surface area contributed by atoms with Gasteiger partial charge in [-0.05, 0) is 32.0 Å². The number of carbonyl (C=O) groups excluding carboxylic acids is 2. The van der Waals surface area contributed by atoms with Crippen molar-refractivity contribution in [3.63, 3.8) is 0 Å². The lowest BCUT2D eigenvalue weighted by Crippen LogP contribution is -2.39. The quantitative estimate of drug-likeness (QED) is 0.523. The smallest absolute Gasteiger partial charge is 0.321 e. The Kier molecular flexibility index (Phi) is 10.1. The highest BCUT2D eigenvalue weighted by atomic mass is 35.5. The van der Waals surface area contributed by atoms with Crippen molar-refractivity contribution in [2.24, 2.45) is 0 Å². The summed E-state index contributed by atoms with van der Waals surface area (Å²) in [5, 5.41) is 15.5. The van der Waals surface area contributed by atoms with Gasteiger partial charge in [0.25, 0.3) is 0 Å². The average Bonchev–Trinajstić information content (AvgIpc) is 2.56. The Bertz CT molecular complexity index is 627. The van der Waals surface area contributed by atoms with Crippen LogP contribution in [0.25, 0.3) is 0 Å². The van der Waals surface area contributed by atoms with Gasteiger partial charge >= 0.3 is 6.03 Å². The number of urea groups is 1. The third-order valence-electron chi connectivity index (χ3n) is 3.35. The Morgan fingerprint density at radius 3 is 2.56 bits per heavy atom.